The molecule has 1 aliphatic carbocycles. The molecule has 112 valence electrons. The maximum atomic E-state index is 11.7. The van der Waals surface area contributed by atoms with E-state index in [0.717, 1.165) is 12.8 Å². The highest BCUT2D eigenvalue weighted by Crippen LogP contribution is 2.35. The Hall–Kier alpha value is -0.770. The third-order valence-electron chi connectivity index (χ3n) is 3.75. The van der Waals surface area contributed by atoms with Gasteiger partial charge in [0, 0.05) is 0 Å². The molecule has 4 nitrogen and oxygen atoms in total. The summed E-state index contributed by atoms with van der Waals surface area (Å²) in [6, 6.07) is 0. The molecule has 0 amide bonds. The molecule has 0 saturated heterocycles. The van der Waals surface area contributed by atoms with Crippen LogP contribution < -0.4 is 0 Å². The van der Waals surface area contributed by atoms with E-state index in [0.29, 0.717) is 17.8 Å². The van der Waals surface area contributed by atoms with Crippen molar-refractivity contribution in [2.75, 3.05) is 6.61 Å². The Labute approximate surface area is 116 Å². The number of hydrogen-bond acceptors (Lipinski definition) is 4. The topological polar surface area (TPSA) is 55.8 Å². The average molecular weight is 272 g/mol. The first-order valence-corrected chi connectivity index (χ1v) is 7.25. The van der Waals surface area contributed by atoms with E-state index in [4.69, 9.17) is 9.47 Å². The Bertz CT molecular complexity index is 293. The Morgan fingerprint density at radius 3 is 2.53 bits per heavy atom. The summed E-state index contributed by atoms with van der Waals surface area (Å²) in [5, 5.41) is 9.52. The standard InChI is InChI=1S/C15H28O4/c1-10(2)12-7-6-11(3)8-13(12)19-14(16)18-9-15(4,5)17/h10-13,17H,6-9H2,1-5H3/t11-,12+,13-/m1/s1. The Kier molecular flexibility index (Phi) is 5.65. The second-order valence-corrected chi connectivity index (χ2v) is 6.83. The van der Waals surface area contributed by atoms with Gasteiger partial charge < -0.3 is 14.6 Å². The molecular formula is C15H28O4. The van der Waals surface area contributed by atoms with E-state index < -0.39 is 11.8 Å². The summed E-state index contributed by atoms with van der Waals surface area (Å²) in [5.74, 6) is 1.49. The molecule has 1 fully saturated rings. The highest BCUT2D eigenvalue weighted by atomic mass is 16.7. The molecule has 19 heavy (non-hydrogen) atoms. The Morgan fingerprint density at radius 2 is 2.00 bits per heavy atom. The van der Waals surface area contributed by atoms with Gasteiger partial charge in [-0.15, -0.1) is 0 Å². The highest BCUT2D eigenvalue weighted by molar-refractivity contribution is 5.60. The first-order valence-electron chi connectivity index (χ1n) is 7.25. The van der Waals surface area contributed by atoms with Gasteiger partial charge in [-0.25, -0.2) is 4.79 Å². The maximum absolute atomic E-state index is 11.7. The second kappa shape index (κ2) is 6.60. The largest absolute Gasteiger partial charge is 0.508 e. The molecule has 0 aromatic heterocycles. The SMILES string of the molecule is CC(C)[C@@H]1CC[C@@H](C)C[C@H]1OC(=O)OCC(C)(C)O. The molecule has 1 rings (SSSR count). The molecule has 0 unspecified atom stereocenters. The van der Waals surface area contributed by atoms with Gasteiger partial charge in [0.25, 0.3) is 0 Å². The molecule has 0 bridgehead atoms. The molecule has 0 aliphatic heterocycles. The van der Waals surface area contributed by atoms with Gasteiger partial charge in [0.15, 0.2) is 0 Å². The summed E-state index contributed by atoms with van der Waals surface area (Å²) in [6.45, 7) is 9.67. The summed E-state index contributed by atoms with van der Waals surface area (Å²) < 4.78 is 10.4. The Balaban J connectivity index is 2.49. The molecule has 4 heteroatoms. The number of rotatable bonds is 4. The van der Waals surface area contributed by atoms with Crippen LogP contribution in [0.5, 0.6) is 0 Å². The highest BCUT2D eigenvalue weighted by Gasteiger charge is 2.34. The molecule has 0 spiro atoms. The zero-order chi connectivity index (χ0) is 14.6. The smallest absolute Gasteiger partial charge is 0.431 e. The zero-order valence-electron chi connectivity index (χ0n) is 12.8. The summed E-state index contributed by atoms with van der Waals surface area (Å²) in [6.07, 6.45) is 2.48. The van der Waals surface area contributed by atoms with Crippen LogP contribution >= 0.6 is 0 Å². The van der Waals surface area contributed by atoms with Crippen LogP contribution in [0.3, 0.4) is 0 Å². The molecular weight excluding hydrogens is 244 g/mol. The van der Waals surface area contributed by atoms with E-state index in [2.05, 4.69) is 20.8 Å². The molecule has 1 N–H and O–H groups in total. The van der Waals surface area contributed by atoms with Crippen molar-refractivity contribution in [2.45, 2.75) is 65.6 Å². The lowest BCUT2D eigenvalue weighted by molar-refractivity contribution is -0.0575. The van der Waals surface area contributed by atoms with Crippen LogP contribution in [0.1, 0.15) is 53.9 Å². The molecule has 0 aromatic rings. The van der Waals surface area contributed by atoms with Gasteiger partial charge in [0.2, 0.25) is 0 Å². The molecule has 3 atom stereocenters. The van der Waals surface area contributed by atoms with Crippen LogP contribution in [-0.4, -0.2) is 29.6 Å². The van der Waals surface area contributed by atoms with E-state index in [-0.39, 0.29) is 12.7 Å². The number of aliphatic hydroxyl groups is 1. The third-order valence-corrected chi connectivity index (χ3v) is 3.75. The molecule has 0 radical (unpaired) electrons. The summed E-state index contributed by atoms with van der Waals surface area (Å²) in [7, 11) is 0. The van der Waals surface area contributed by atoms with Crippen molar-refractivity contribution in [3.8, 4) is 0 Å². The molecule has 0 heterocycles. The van der Waals surface area contributed by atoms with E-state index >= 15 is 0 Å². The van der Waals surface area contributed by atoms with Gasteiger partial charge in [0.1, 0.15) is 12.7 Å². The van der Waals surface area contributed by atoms with Crippen molar-refractivity contribution in [3.63, 3.8) is 0 Å². The minimum Gasteiger partial charge on any atom is -0.431 e. The van der Waals surface area contributed by atoms with Gasteiger partial charge in [-0.05, 0) is 44.4 Å². The lowest BCUT2D eigenvalue weighted by Gasteiger charge is -2.36. The van der Waals surface area contributed by atoms with Crippen LogP contribution in [0.25, 0.3) is 0 Å². The van der Waals surface area contributed by atoms with Crippen molar-refractivity contribution in [1.29, 1.82) is 0 Å². The fourth-order valence-electron chi connectivity index (χ4n) is 2.64. The van der Waals surface area contributed by atoms with Crippen LogP contribution in [-0.2, 0) is 9.47 Å². The van der Waals surface area contributed by atoms with Gasteiger partial charge in [0.05, 0.1) is 5.60 Å². The van der Waals surface area contributed by atoms with E-state index in [1.165, 1.54) is 6.42 Å². The predicted molar refractivity (Wildman–Crippen MR) is 73.9 cm³/mol. The summed E-state index contributed by atoms with van der Waals surface area (Å²) in [4.78, 5) is 11.7. The first kappa shape index (κ1) is 16.3. The lowest BCUT2D eigenvalue weighted by atomic mass is 9.75. The maximum Gasteiger partial charge on any atom is 0.508 e. The normalized spacial score (nSPS) is 28.3. The number of hydrogen-bond donors (Lipinski definition) is 1. The van der Waals surface area contributed by atoms with Crippen molar-refractivity contribution in [1.82, 2.24) is 0 Å². The molecule has 0 aromatic carbocycles. The molecule has 1 aliphatic rings. The van der Waals surface area contributed by atoms with Crippen LogP contribution in [0.15, 0.2) is 0 Å². The summed E-state index contributed by atoms with van der Waals surface area (Å²) >= 11 is 0. The summed E-state index contributed by atoms with van der Waals surface area (Å²) in [5.41, 5.74) is -1.02. The van der Waals surface area contributed by atoms with Crippen molar-refractivity contribution >= 4 is 6.16 Å². The van der Waals surface area contributed by atoms with Crippen molar-refractivity contribution < 1.29 is 19.4 Å². The van der Waals surface area contributed by atoms with E-state index in [9.17, 15) is 9.90 Å². The average Bonchev–Trinajstić information content (AvgIpc) is 2.25. The fraction of sp³-hybridized carbons (Fsp3) is 0.933. The minimum absolute atomic E-state index is 0.0412. The molecule has 1 saturated carbocycles. The quantitative estimate of drug-likeness (QED) is 0.797. The van der Waals surface area contributed by atoms with E-state index in [1.54, 1.807) is 13.8 Å². The number of carbonyl (C=O) groups is 1. The van der Waals surface area contributed by atoms with E-state index in [1.807, 2.05) is 0 Å². The van der Waals surface area contributed by atoms with Crippen molar-refractivity contribution in [2.24, 2.45) is 17.8 Å². The number of ether oxygens (including phenoxy) is 2. The predicted octanol–water partition coefficient (Wildman–Crippen LogP) is 3.37. The fourth-order valence-corrected chi connectivity index (χ4v) is 2.64. The van der Waals surface area contributed by atoms with Crippen LogP contribution in [0, 0.1) is 17.8 Å². The van der Waals surface area contributed by atoms with Crippen LogP contribution in [0.4, 0.5) is 4.79 Å². The van der Waals surface area contributed by atoms with Gasteiger partial charge in [-0.3, -0.25) is 0 Å². The lowest BCUT2D eigenvalue weighted by Crippen LogP contribution is -2.37. The van der Waals surface area contributed by atoms with Crippen molar-refractivity contribution in [3.05, 3.63) is 0 Å². The van der Waals surface area contributed by atoms with Gasteiger partial charge in [-0.2, -0.15) is 0 Å². The number of carbonyl (C=O) groups excluding carboxylic acids is 1. The second-order valence-electron chi connectivity index (χ2n) is 6.83. The first-order chi connectivity index (χ1) is 8.69. The van der Waals surface area contributed by atoms with Gasteiger partial charge in [-0.1, -0.05) is 27.2 Å². The van der Waals surface area contributed by atoms with Crippen LogP contribution in [0.2, 0.25) is 0 Å². The third kappa shape index (κ3) is 5.81. The monoisotopic (exact) mass is 272 g/mol. The zero-order valence-corrected chi connectivity index (χ0v) is 12.8. The van der Waals surface area contributed by atoms with Gasteiger partial charge >= 0.3 is 6.16 Å². The minimum atomic E-state index is -1.02. The Morgan fingerprint density at radius 1 is 1.37 bits per heavy atom.